The first-order valence-electron chi connectivity index (χ1n) is 6.34. The van der Waals surface area contributed by atoms with Gasteiger partial charge in [0.05, 0.1) is 5.56 Å². The van der Waals surface area contributed by atoms with Gasteiger partial charge in [-0.25, -0.2) is 0 Å². The molecule has 3 nitrogen and oxygen atoms in total. The molecule has 3 rings (SSSR count). The molecule has 0 unspecified atom stereocenters. The molecule has 94 valence electrons. The van der Waals surface area contributed by atoms with Crippen molar-refractivity contribution >= 4 is 17.1 Å². The molecule has 3 heteroatoms. The van der Waals surface area contributed by atoms with Crippen LogP contribution in [0, 0.1) is 0 Å². The van der Waals surface area contributed by atoms with Gasteiger partial charge in [0, 0.05) is 18.3 Å². The predicted molar refractivity (Wildman–Crippen MR) is 76.2 cm³/mol. The average molecular weight is 250 g/mol. The highest BCUT2D eigenvalue weighted by Crippen LogP contribution is 2.29. The van der Waals surface area contributed by atoms with E-state index < -0.39 is 0 Å². The first-order valence-corrected chi connectivity index (χ1v) is 6.34. The van der Waals surface area contributed by atoms with Gasteiger partial charge in [-0.15, -0.1) is 0 Å². The van der Waals surface area contributed by atoms with Gasteiger partial charge < -0.3 is 0 Å². The molecule has 1 aromatic heterocycles. The summed E-state index contributed by atoms with van der Waals surface area (Å²) in [5, 5.41) is 6.78. The van der Waals surface area contributed by atoms with E-state index in [1.165, 1.54) is 0 Å². The first kappa shape index (κ1) is 11.7. The molecule has 0 aliphatic carbocycles. The molecular weight excluding hydrogens is 236 g/mol. The maximum atomic E-state index is 11.2. The van der Waals surface area contributed by atoms with E-state index in [1.54, 1.807) is 10.9 Å². The first-order chi connectivity index (χ1) is 9.33. The lowest BCUT2D eigenvalue weighted by molar-refractivity contribution is 0.112. The average Bonchev–Trinajstić information content (AvgIpc) is 2.90. The number of fused-ring (bicyclic) bond motifs is 1. The van der Waals surface area contributed by atoms with Crippen LogP contribution in [0.4, 0.5) is 0 Å². The van der Waals surface area contributed by atoms with Gasteiger partial charge in [-0.1, -0.05) is 42.5 Å². The monoisotopic (exact) mass is 250 g/mol. The van der Waals surface area contributed by atoms with Crippen LogP contribution in [0.3, 0.4) is 0 Å². The summed E-state index contributed by atoms with van der Waals surface area (Å²) in [6, 6.07) is 14.2. The number of carbonyl (C=O) groups excluding carboxylic acids is 1. The number of aldehydes is 1. The number of nitrogens with zero attached hydrogens (tertiary/aromatic N) is 2. The Kier molecular flexibility index (Phi) is 2.88. The van der Waals surface area contributed by atoms with Crippen molar-refractivity contribution in [2.75, 3.05) is 0 Å². The summed E-state index contributed by atoms with van der Waals surface area (Å²) < 4.78 is 1.79. The third-order valence-electron chi connectivity index (χ3n) is 3.29. The van der Waals surface area contributed by atoms with Gasteiger partial charge in [0.2, 0.25) is 0 Å². The minimum atomic E-state index is 0.637. The van der Waals surface area contributed by atoms with Gasteiger partial charge in [-0.2, -0.15) is 5.10 Å². The number of benzene rings is 2. The van der Waals surface area contributed by atoms with E-state index in [0.29, 0.717) is 5.56 Å². The van der Waals surface area contributed by atoms with Crippen molar-refractivity contribution in [2.24, 2.45) is 0 Å². The quantitative estimate of drug-likeness (QED) is 0.666. The number of aromatic nitrogens is 2. The van der Waals surface area contributed by atoms with E-state index in [4.69, 9.17) is 0 Å². The fourth-order valence-corrected chi connectivity index (χ4v) is 2.33. The standard InChI is InChI=1S/C16H14N2O/c1-2-18-10-13(11-19)16(17-18)15-9-5-7-12-6-3-4-8-14(12)15/h3-11H,2H2,1H3. The molecule has 19 heavy (non-hydrogen) atoms. The van der Waals surface area contributed by atoms with Gasteiger partial charge in [-0.3, -0.25) is 9.48 Å². The zero-order chi connectivity index (χ0) is 13.2. The fourth-order valence-electron chi connectivity index (χ4n) is 2.33. The molecule has 2 aromatic carbocycles. The minimum Gasteiger partial charge on any atom is -0.298 e. The molecule has 0 aliphatic heterocycles. The number of hydrogen-bond donors (Lipinski definition) is 0. The van der Waals surface area contributed by atoms with Crippen LogP contribution in [0.5, 0.6) is 0 Å². The SMILES string of the molecule is CCn1cc(C=O)c(-c2cccc3ccccc23)n1. The Bertz CT molecular complexity index is 738. The van der Waals surface area contributed by atoms with Gasteiger partial charge in [0.1, 0.15) is 5.69 Å². The lowest BCUT2D eigenvalue weighted by atomic mass is 10.0. The zero-order valence-corrected chi connectivity index (χ0v) is 10.7. The Labute approximate surface area is 111 Å². The summed E-state index contributed by atoms with van der Waals surface area (Å²) in [5.41, 5.74) is 2.40. The largest absolute Gasteiger partial charge is 0.298 e. The molecular formula is C16H14N2O. The van der Waals surface area contributed by atoms with Crippen molar-refractivity contribution in [1.82, 2.24) is 9.78 Å². The lowest BCUT2D eigenvalue weighted by Gasteiger charge is -2.04. The second kappa shape index (κ2) is 4.69. The molecule has 0 fully saturated rings. The van der Waals surface area contributed by atoms with E-state index in [1.807, 2.05) is 31.2 Å². The maximum Gasteiger partial charge on any atom is 0.153 e. The van der Waals surface area contributed by atoms with Crippen LogP contribution in [0.25, 0.3) is 22.0 Å². The number of carbonyl (C=O) groups is 1. The van der Waals surface area contributed by atoms with Crippen LogP contribution in [-0.2, 0) is 6.54 Å². The summed E-state index contributed by atoms with van der Waals surface area (Å²) in [6.07, 6.45) is 2.67. The van der Waals surface area contributed by atoms with Crippen molar-refractivity contribution in [3.8, 4) is 11.3 Å². The Morgan fingerprint density at radius 2 is 1.95 bits per heavy atom. The predicted octanol–water partition coefficient (Wildman–Crippen LogP) is 3.54. The second-order valence-corrected chi connectivity index (χ2v) is 4.43. The van der Waals surface area contributed by atoms with Crippen molar-refractivity contribution in [3.05, 3.63) is 54.2 Å². The molecule has 0 saturated heterocycles. The highest BCUT2D eigenvalue weighted by Gasteiger charge is 2.12. The Morgan fingerprint density at radius 1 is 1.16 bits per heavy atom. The third-order valence-corrected chi connectivity index (χ3v) is 3.29. The summed E-state index contributed by atoms with van der Waals surface area (Å²) in [4.78, 5) is 11.2. The molecule has 0 amide bonds. The Morgan fingerprint density at radius 3 is 2.74 bits per heavy atom. The lowest BCUT2D eigenvalue weighted by Crippen LogP contribution is -1.94. The molecule has 0 aliphatic rings. The van der Waals surface area contributed by atoms with E-state index in [2.05, 4.69) is 23.3 Å². The van der Waals surface area contributed by atoms with E-state index in [0.717, 1.165) is 34.9 Å². The Hall–Kier alpha value is -2.42. The summed E-state index contributed by atoms with van der Waals surface area (Å²) in [6.45, 7) is 2.76. The van der Waals surface area contributed by atoms with Crippen molar-refractivity contribution < 1.29 is 4.79 Å². The van der Waals surface area contributed by atoms with Gasteiger partial charge in [0.15, 0.2) is 6.29 Å². The Balaban J connectivity index is 2.29. The normalized spacial score (nSPS) is 10.8. The van der Waals surface area contributed by atoms with E-state index in [9.17, 15) is 4.79 Å². The molecule has 0 spiro atoms. The van der Waals surface area contributed by atoms with Gasteiger partial charge >= 0.3 is 0 Å². The molecule has 0 N–H and O–H groups in total. The highest BCUT2D eigenvalue weighted by atomic mass is 16.1. The number of hydrogen-bond acceptors (Lipinski definition) is 2. The fraction of sp³-hybridized carbons (Fsp3) is 0.125. The summed E-state index contributed by atoms with van der Waals surface area (Å²) in [5.74, 6) is 0. The third kappa shape index (κ3) is 1.93. The van der Waals surface area contributed by atoms with Gasteiger partial charge in [0.25, 0.3) is 0 Å². The van der Waals surface area contributed by atoms with Crippen LogP contribution in [0.1, 0.15) is 17.3 Å². The van der Waals surface area contributed by atoms with Crippen molar-refractivity contribution in [1.29, 1.82) is 0 Å². The molecule has 0 saturated carbocycles. The van der Waals surface area contributed by atoms with Crippen LogP contribution in [-0.4, -0.2) is 16.1 Å². The zero-order valence-electron chi connectivity index (χ0n) is 10.7. The van der Waals surface area contributed by atoms with Crippen LogP contribution >= 0.6 is 0 Å². The molecule has 0 atom stereocenters. The van der Waals surface area contributed by atoms with Crippen LogP contribution < -0.4 is 0 Å². The summed E-state index contributed by atoms with van der Waals surface area (Å²) in [7, 11) is 0. The summed E-state index contributed by atoms with van der Waals surface area (Å²) >= 11 is 0. The highest BCUT2D eigenvalue weighted by molar-refractivity contribution is 5.99. The van der Waals surface area contributed by atoms with Crippen molar-refractivity contribution in [3.63, 3.8) is 0 Å². The number of rotatable bonds is 3. The number of aryl methyl sites for hydroxylation is 1. The van der Waals surface area contributed by atoms with E-state index in [-0.39, 0.29) is 0 Å². The van der Waals surface area contributed by atoms with Crippen LogP contribution in [0.2, 0.25) is 0 Å². The second-order valence-electron chi connectivity index (χ2n) is 4.43. The molecule has 0 radical (unpaired) electrons. The van der Waals surface area contributed by atoms with Crippen LogP contribution in [0.15, 0.2) is 48.7 Å². The van der Waals surface area contributed by atoms with E-state index >= 15 is 0 Å². The topological polar surface area (TPSA) is 34.9 Å². The molecule has 1 heterocycles. The maximum absolute atomic E-state index is 11.2. The smallest absolute Gasteiger partial charge is 0.153 e. The molecule has 0 bridgehead atoms. The minimum absolute atomic E-state index is 0.637. The van der Waals surface area contributed by atoms with Crippen molar-refractivity contribution in [2.45, 2.75) is 13.5 Å². The molecule has 3 aromatic rings. The van der Waals surface area contributed by atoms with Gasteiger partial charge in [-0.05, 0) is 17.7 Å².